The highest BCUT2D eigenvalue weighted by molar-refractivity contribution is 7.90. The fraction of sp³-hybridized carbons (Fsp3) is 0.889. The van der Waals surface area contributed by atoms with Crippen molar-refractivity contribution in [2.24, 2.45) is 0 Å². The fourth-order valence-electron chi connectivity index (χ4n) is 1.09. The Morgan fingerprint density at radius 2 is 1.80 bits per heavy atom. The van der Waals surface area contributed by atoms with Crippen LogP contribution in [0.15, 0.2) is 0 Å². The molecule has 0 saturated heterocycles. The van der Waals surface area contributed by atoms with E-state index in [1.807, 2.05) is 20.8 Å². The van der Waals surface area contributed by atoms with Crippen LogP contribution in [-0.4, -0.2) is 55.0 Å². The lowest BCUT2D eigenvalue weighted by Gasteiger charge is -2.33. The van der Waals surface area contributed by atoms with Gasteiger partial charge in [0.25, 0.3) is 0 Å². The Hall–Kier alpha value is -0.620. The van der Waals surface area contributed by atoms with Crippen LogP contribution in [0.4, 0.5) is 0 Å². The molecule has 0 aliphatic heterocycles. The molecule has 0 aromatic heterocycles. The van der Waals surface area contributed by atoms with Gasteiger partial charge in [-0.1, -0.05) is 0 Å². The maximum atomic E-state index is 11.0. The van der Waals surface area contributed by atoms with E-state index in [-0.39, 0.29) is 24.4 Å². The fourth-order valence-corrected chi connectivity index (χ4v) is 1.64. The molecule has 15 heavy (non-hydrogen) atoms. The Morgan fingerprint density at radius 3 is 2.07 bits per heavy atom. The van der Waals surface area contributed by atoms with Gasteiger partial charge in [-0.05, 0) is 20.8 Å². The molecule has 0 fully saturated rings. The smallest absolute Gasteiger partial charge is 0.317 e. The van der Waals surface area contributed by atoms with Crippen LogP contribution in [0.2, 0.25) is 0 Å². The van der Waals surface area contributed by atoms with Gasteiger partial charge in [0.15, 0.2) is 0 Å². The predicted molar refractivity (Wildman–Crippen MR) is 58.7 cm³/mol. The standard InChI is InChI=1S/C9H19NO4S/c1-9(2,3)10(7-8(11)12)5-6-15(4,13)14/h5-7H2,1-4H3,(H,11,12). The van der Waals surface area contributed by atoms with Crippen molar-refractivity contribution in [2.45, 2.75) is 26.3 Å². The number of rotatable bonds is 5. The summed E-state index contributed by atoms with van der Waals surface area (Å²) in [5.74, 6) is -0.962. The van der Waals surface area contributed by atoms with Gasteiger partial charge in [-0.25, -0.2) is 8.42 Å². The molecular weight excluding hydrogens is 218 g/mol. The first-order chi connectivity index (χ1) is 6.52. The Balaban J connectivity index is 4.47. The van der Waals surface area contributed by atoms with Gasteiger partial charge in [0.1, 0.15) is 9.84 Å². The van der Waals surface area contributed by atoms with Crippen LogP contribution in [0.3, 0.4) is 0 Å². The van der Waals surface area contributed by atoms with Crippen LogP contribution in [0.1, 0.15) is 20.8 Å². The van der Waals surface area contributed by atoms with Crippen molar-refractivity contribution in [2.75, 3.05) is 25.1 Å². The summed E-state index contributed by atoms with van der Waals surface area (Å²) in [4.78, 5) is 12.2. The van der Waals surface area contributed by atoms with Crippen molar-refractivity contribution in [1.29, 1.82) is 0 Å². The zero-order valence-electron chi connectivity index (χ0n) is 9.65. The second-order valence-electron chi connectivity index (χ2n) is 4.62. The van der Waals surface area contributed by atoms with E-state index in [0.29, 0.717) is 0 Å². The molecule has 5 nitrogen and oxygen atoms in total. The highest BCUT2D eigenvalue weighted by atomic mass is 32.2. The van der Waals surface area contributed by atoms with Gasteiger partial charge in [0.05, 0.1) is 12.3 Å². The number of nitrogens with zero attached hydrogens (tertiary/aromatic N) is 1. The number of hydrogen-bond donors (Lipinski definition) is 1. The molecule has 0 amide bonds. The first-order valence-corrected chi connectivity index (χ1v) is 6.73. The third kappa shape index (κ3) is 7.33. The van der Waals surface area contributed by atoms with Crippen LogP contribution >= 0.6 is 0 Å². The van der Waals surface area contributed by atoms with Crippen molar-refractivity contribution in [1.82, 2.24) is 4.90 Å². The zero-order valence-corrected chi connectivity index (χ0v) is 10.5. The molecule has 0 aliphatic carbocycles. The predicted octanol–water partition coefficient (Wildman–Crippen LogP) is 0.216. The van der Waals surface area contributed by atoms with Crippen LogP contribution in [0.5, 0.6) is 0 Å². The van der Waals surface area contributed by atoms with Gasteiger partial charge >= 0.3 is 5.97 Å². The SMILES string of the molecule is CC(C)(C)N(CCS(C)(=O)=O)CC(=O)O. The Kier molecular flexibility index (Phi) is 4.73. The topological polar surface area (TPSA) is 74.7 Å². The van der Waals surface area contributed by atoms with Gasteiger partial charge in [0, 0.05) is 18.3 Å². The van der Waals surface area contributed by atoms with E-state index >= 15 is 0 Å². The summed E-state index contributed by atoms with van der Waals surface area (Å²) < 4.78 is 21.9. The van der Waals surface area contributed by atoms with Gasteiger partial charge in [0.2, 0.25) is 0 Å². The van der Waals surface area contributed by atoms with E-state index in [1.165, 1.54) is 0 Å². The van der Waals surface area contributed by atoms with E-state index in [2.05, 4.69) is 0 Å². The lowest BCUT2D eigenvalue weighted by atomic mass is 10.1. The first-order valence-electron chi connectivity index (χ1n) is 4.67. The second-order valence-corrected chi connectivity index (χ2v) is 6.88. The van der Waals surface area contributed by atoms with Gasteiger partial charge < -0.3 is 5.11 Å². The molecule has 0 heterocycles. The zero-order chi connectivity index (χ0) is 12.3. The number of sulfone groups is 1. The second kappa shape index (κ2) is 4.94. The largest absolute Gasteiger partial charge is 0.480 e. The van der Waals surface area contributed by atoms with Crippen molar-refractivity contribution in [3.63, 3.8) is 0 Å². The summed E-state index contributed by atoms with van der Waals surface area (Å²) in [6.45, 7) is 5.68. The molecule has 0 aromatic carbocycles. The van der Waals surface area contributed by atoms with Crippen LogP contribution in [0.25, 0.3) is 0 Å². The van der Waals surface area contributed by atoms with Gasteiger partial charge in [-0.15, -0.1) is 0 Å². The Labute approximate surface area is 91.0 Å². The van der Waals surface area contributed by atoms with Crippen molar-refractivity contribution in [3.8, 4) is 0 Å². The maximum Gasteiger partial charge on any atom is 0.317 e. The average Bonchev–Trinajstić information content (AvgIpc) is 1.93. The van der Waals surface area contributed by atoms with Crippen molar-refractivity contribution < 1.29 is 18.3 Å². The van der Waals surface area contributed by atoms with E-state index in [9.17, 15) is 13.2 Å². The number of carboxylic acids is 1. The van der Waals surface area contributed by atoms with Crippen LogP contribution in [0, 0.1) is 0 Å². The van der Waals surface area contributed by atoms with Gasteiger partial charge in [-0.3, -0.25) is 9.69 Å². The molecule has 6 heteroatoms. The molecule has 0 radical (unpaired) electrons. The van der Waals surface area contributed by atoms with Crippen LogP contribution in [-0.2, 0) is 14.6 Å². The summed E-state index contributed by atoms with van der Waals surface area (Å²) >= 11 is 0. The van der Waals surface area contributed by atoms with Crippen LogP contribution < -0.4 is 0 Å². The number of carbonyl (C=O) groups is 1. The number of aliphatic carboxylic acids is 1. The molecule has 1 N–H and O–H groups in total. The molecule has 0 atom stereocenters. The lowest BCUT2D eigenvalue weighted by molar-refractivity contribution is -0.139. The minimum Gasteiger partial charge on any atom is -0.480 e. The van der Waals surface area contributed by atoms with E-state index in [0.717, 1.165) is 6.26 Å². The van der Waals surface area contributed by atoms with E-state index in [1.54, 1.807) is 4.90 Å². The monoisotopic (exact) mass is 237 g/mol. The molecule has 90 valence electrons. The van der Waals surface area contributed by atoms with E-state index in [4.69, 9.17) is 5.11 Å². The first kappa shape index (κ1) is 14.4. The third-order valence-electron chi connectivity index (χ3n) is 2.01. The molecular formula is C9H19NO4S. The van der Waals surface area contributed by atoms with Crippen molar-refractivity contribution >= 4 is 15.8 Å². The minimum atomic E-state index is -3.05. The normalized spacial score (nSPS) is 13.1. The lowest BCUT2D eigenvalue weighted by Crippen LogP contribution is -2.46. The summed E-state index contributed by atoms with van der Waals surface area (Å²) in [7, 11) is -3.05. The summed E-state index contributed by atoms with van der Waals surface area (Å²) in [5, 5.41) is 8.69. The number of carboxylic acid groups (broad SMARTS) is 1. The minimum absolute atomic E-state index is 0.0163. The van der Waals surface area contributed by atoms with E-state index < -0.39 is 15.8 Å². The highest BCUT2D eigenvalue weighted by Gasteiger charge is 2.24. The Morgan fingerprint density at radius 1 is 1.33 bits per heavy atom. The molecule has 0 bridgehead atoms. The molecule has 0 unspecified atom stereocenters. The summed E-state index contributed by atoms with van der Waals surface area (Å²) in [5.41, 5.74) is -0.344. The maximum absolute atomic E-state index is 11.0. The van der Waals surface area contributed by atoms with Gasteiger partial charge in [-0.2, -0.15) is 0 Å². The molecule has 0 spiro atoms. The molecule has 0 saturated carbocycles. The number of hydrogen-bond acceptors (Lipinski definition) is 4. The third-order valence-corrected chi connectivity index (χ3v) is 2.93. The van der Waals surface area contributed by atoms with Crippen molar-refractivity contribution in [3.05, 3.63) is 0 Å². The average molecular weight is 237 g/mol. The highest BCUT2D eigenvalue weighted by Crippen LogP contribution is 2.12. The molecule has 0 aromatic rings. The molecule has 0 aliphatic rings. The molecule has 0 rings (SSSR count). The summed E-state index contributed by atoms with van der Waals surface area (Å²) in [6.07, 6.45) is 1.15. The summed E-state index contributed by atoms with van der Waals surface area (Å²) in [6, 6.07) is 0. The quantitative estimate of drug-likeness (QED) is 0.740. The Bertz CT molecular complexity index is 315.